The van der Waals surface area contributed by atoms with Gasteiger partial charge in [0.2, 0.25) is 0 Å². The van der Waals surface area contributed by atoms with Gasteiger partial charge in [0.05, 0.1) is 26.9 Å². The Morgan fingerprint density at radius 2 is 2.06 bits per heavy atom. The predicted octanol–water partition coefficient (Wildman–Crippen LogP) is 1.90. The van der Waals surface area contributed by atoms with Gasteiger partial charge in [0.15, 0.2) is 11.5 Å². The Morgan fingerprint density at radius 1 is 1.25 bits per heavy atom. The van der Waals surface area contributed by atoms with Gasteiger partial charge in [-0.1, -0.05) is 0 Å². The minimum absolute atomic E-state index is 0.401. The molecule has 16 heavy (non-hydrogen) atoms. The zero-order valence-electron chi connectivity index (χ0n) is 9.66. The van der Waals surface area contributed by atoms with E-state index in [-0.39, 0.29) is 0 Å². The standard InChI is InChI=1S/C12H17NO3/c1-14-11-4-3-9(7-12(11)15-2)13-10-5-6-16-8-10/h3-4,7,10,13H,5-6,8H2,1-2H3. The highest BCUT2D eigenvalue weighted by atomic mass is 16.5. The van der Waals surface area contributed by atoms with Crippen LogP contribution in [0.2, 0.25) is 0 Å². The molecule has 1 atom stereocenters. The molecule has 1 N–H and O–H groups in total. The van der Waals surface area contributed by atoms with Crippen LogP contribution in [0, 0.1) is 0 Å². The Morgan fingerprint density at radius 3 is 2.69 bits per heavy atom. The molecule has 4 heteroatoms. The van der Waals surface area contributed by atoms with E-state index in [1.54, 1.807) is 14.2 Å². The number of hydrogen-bond acceptors (Lipinski definition) is 4. The average molecular weight is 223 g/mol. The third-order valence-electron chi connectivity index (χ3n) is 2.68. The second-order valence-electron chi connectivity index (χ2n) is 3.77. The van der Waals surface area contributed by atoms with Gasteiger partial charge >= 0.3 is 0 Å². The van der Waals surface area contributed by atoms with E-state index in [1.807, 2.05) is 18.2 Å². The summed E-state index contributed by atoms with van der Waals surface area (Å²) in [5, 5.41) is 3.41. The molecule has 0 amide bonds. The first-order chi connectivity index (χ1) is 7.83. The van der Waals surface area contributed by atoms with Gasteiger partial charge in [-0.2, -0.15) is 0 Å². The molecule has 1 aliphatic heterocycles. The van der Waals surface area contributed by atoms with Crippen LogP contribution in [0.1, 0.15) is 6.42 Å². The number of nitrogens with one attached hydrogen (secondary N) is 1. The first kappa shape index (κ1) is 11.1. The molecule has 0 radical (unpaired) electrons. The van der Waals surface area contributed by atoms with Gasteiger partial charge < -0.3 is 19.5 Å². The van der Waals surface area contributed by atoms with Crippen molar-refractivity contribution in [2.24, 2.45) is 0 Å². The van der Waals surface area contributed by atoms with E-state index in [9.17, 15) is 0 Å². The third kappa shape index (κ3) is 2.39. The van der Waals surface area contributed by atoms with Gasteiger partial charge in [0.1, 0.15) is 0 Å². The number of anilines is 1. The van der Waals surface area contributed by atoms with Crippen LogP contribution in [-0.2, 0) is 4.74 Å². The maximum absolute atomic E-state index is 5.31. The van der Waals surface area contributed by atoms with Crippen molar-refractivity contribution in [1.82, 2.24) is 0 Å². The number of hydrogen-bond donors (Lipinski definition) is 1. The van der Waals surface area contributed by atoms with E-state index >= 15 is 0 Å². The lowest BCUT2D eigenvalue weighted by molar-refractivity contribution is 0.195. The maximum Gasteiger partial charge on any atom is 0.162 e. The molecule has 0 bridgehead atoms. The van der Waals surface area contributed by atoms with Crippen LogP contribution in [0.3, 0.4) is 0 Å². The van der Waals surface area contributed by atoms with Crippen molar-refractivity contribution in [1.29, 1.82) is 0 Å². The molecule has 1 aliphatic rings. The first-order valence-corrected chi connectivity index (χ1v) is 5.40. The highest BCUT2D eigenvalue weighted by Gasteiger charge is 2.15. The van der Waals surface area contributed by atoms with Gasteiger partial charge in [-0.05, 0) is 18.6 Å². The molecular formula is C12H17NO3. The van der Waals surface area contributed by atoms with E-state index < -0.39 is 0 Å². The lowest BCUT2D eigenvalue weighted by Gasteiger charge is -2.14. The molecule has 88 valence electrons. The van der Waals surface area contributed by atoms with Crippen molar-refractivity contribution in [3.05, 3.63) is 18.2 Å². The van der Waals surface area contributed by atoms with E-state index in [4.69, 9.17) is 14.2 Å². The van der Waals surface area contributed by atoms with Crippen LogP contribution >= 0.6 is 0 Å². The Labute approximate surface area is 95.5 Å². The van der Waals surface area contributed by atoms with Crippen LogP contribution in [0.5, 0.6) is 11.5 Å². The van der Waals surface area contributed by atoms with Crippen molar-refractivity contribution in [2.75, 3.05) is 32.8 Å². The largest absolute Gasteiger partial charge is 0.493 e. The number of benzene rings is 1. The minimum Gasteiger partial charge on any atom is -0.493 e. The number of methoxy groups -OCH3 is 2. The summed E-state index contributed by atoms with van der Waals surface area (Å²) in [7, 11) is 3.27. The molecule has 0 spiro atoms. The summed E-state index contributed by atoms with van der Waals surface area (Å²) < 4.78 is 15.7. The molecule has 1 fully saturated rings. The quantitative estimate of drug-likeness (QED) is 0.846. The SMILES string of the molecule is COc1ccc(NC2CCOC2)cc1OC. The van der Waals surface area contributed by atoms with Gasteiger partial charge in [-0.25, -0.2) is 0 Å². The second kappa shape index (κ2) is 5.07. The van der Waals surface area contributed by atoms with E-state index in [1.165, 1.54) is 0 Å². The van der Waals surface area contributed by atoms with Crippen LogP contribution in [0.4, 0.5) is 5.69 Å². The molecule has 1 heterocycles. The van der Waals surface area contributed by atoms with Crippen molar-refractivity contribution in [3.8, 4) is 11.5 Å². The Kier molecular flexibility index (Phi) is 3.51. The van der Waals surface area contributed by atoms with Crippen molar-refractivity contribution < 1.29 is 14.2 Å². The van der Waals surface area contributed by atoms with Crippen molar-refractivity contribution in [2.45, 2.75) is 12.5 Å². The zero-order chi connectivity index (χ0) is 11.4. The third-order valence-corrected chi connectivity index (χ3v) is 2.68. The predicted molar refractivity (Wildman–Crippen MR) is 62.4 cm³/mol. The first-order valence-electron chi connectivity index (χ1n) is 5.40. The molecule has 0 aliphatic carbocycles. The summed E-state index contributed by atoms with van der Waals surface area (Å²) in [6, 6.07) is 6.23. The summed E-state index contributed by atoms with van der Waals surface area (Å²) in [4.78, 5) is 0. The molecule has 1 saturated heterocycles. The van der Waals surface area contributed by atoms with Crippen molar-refractivity contribution in [3.63, 3.8) is 0 Å². The molecule has 1 aromatic carbocycles. The zero-order valence-corrected chi connectivity index (χ0v) is 9.66. The average Bonchev–Trinajstić information content (AvgIpc) is 2.81. The van der Waals surface area contributed by atoms with Gasteiger partial charge in [-0.15, -0.1) is 0 Å². The molecule has 0 saturated carbocycles. The van der Waals surface area contributed by atoms with Crippen LogP contribution in [0.25, 0.3) is 0 Å². The fourth-order valence-electron chi connectivity index (χ4n) is 1.81. The Bertz CT molecular complexity index is 348. The number of ether oxygens (including phenoxy) is 3. The van der Waals surface area contributed by atoms with E-state index in [0.29, 0.717) is 6.04 Å². The molecule has 1 unspecified atom stereocenters. The summed E-state index contributed by atoms with van der Waals surface area (Å²) in [5.41, 5.74) is 1.04. The van der Waals surface area contributed by atoms with E-state index in [0.717, 1.165) is 36.8 Å². The minimum atomic E-state index is 0.401. The van der Waals surface area contributed by atoms with Crippen LogP contribution in [0.15, 0.2) is 18.2 Å². The van der Waals surface area contributed by atoms with Crippen molar-refractivity contribution >= 4 is 5.69 Å². The van der Waals surface area contributed by atoms with Gasteiger partial charge in [0, 0.05) is 18.4 Å². The smallest absolute Gasteiger partial charge is 0.162 e. The fraction of sp³-hybridized carbons (Fsp3) is 0.500. The second-order valence-corrected chi connectivity index (χ2v) is 3.77. The summed E-state index contributed by atoms with van der Waals surface area (Å²) in [5.74, 6) is 1.49. The number of rotatable bonds is 4. The highest BCUT2D eigenvalue weighted by Crippen LogP contribution is 2.30. The monoisotopic (exact) mass is 223 g/mol. The summed E-state index contributed by atoms with van der Waals surface area (Å²) >= 11 is 0. The lowest BCUT2D eigenvalue weighted by atomic mass is 10.2. The normalized spacial score (nSPS) is 19.5. The molecule has 2 rings (SSSR count). The molecule has 1 aromatic rings. The van der Waals surface area contributed by atoms with Gasteiger partial charge in [0.25, 0.3) is 0 Å². The molecule has 4 nitrogen and oxygen atoms in total. The summed E-state index contributed by atoms with van der Waals surface area (Å²) in [6.45, 7) is 1.61. The maximum atomic E-state index is 5.31. The van der Waals surface area contributed by atoms with Gasteiger partial charge in [-0.3, -0.25) is 0 Å². The van der Waals surface area contributed by atoms with Crippen LogP contribution < -0.4 is 14.8 Å². The van der Waals surface area contributed by atoms with Crippen LogP contribution in [-0.4, -0.2) is 33.5 Å². The molecular weight excluding hydrogens is 206 g/mol. The summed E-state index contributed by atoms with van der Waals surface area (Å²) in [6.07, 6.45) is 1.05. The fourth-order valence-corrected chi connectivity index (χ4v) is 1.81. The Balaban J connectivity index is 2.09. The topological polar surface area (TPSA) is 39.7 Å². The lowest BCUT2D eigenvalue weighted by Crippen LogP contribution is -2.18. The highest BCUT2D eigenvalue weighted by molar-refractivity contribution is 5.55. The molecule has 0 aromatic heterocycles. The van der Waals surface area contributed by atoms with E-state index in [2.05, 4.69) is 5.32 Å². The Hall–Kier alpha value is -1.42.